The molecule has 96 valence electrons. The molecule has 1 aromatic heterocycles. The number of nitrogens with zero attached hydrogens (tertiary/aromatic N) is 1. The van der Waals surface area contributed by atoms with E-state index in [9.17, 15) is 0 Å². The molecule has 1 fully saturated rings. The fraction of sp³-hybridized carbons (Fsp3) is 0.467. The van der Waals surface area contributed by atoms with Gasteiger partial charge in [-0.15, -0.1) is 0 Å². The maximum absolute atomic E-state index is 6.05. The van der Waals surface area contributed by atoms with Crippen LogP contribution in [-0.2, 0) is 0 Å². The first-order valence-electron chi connectivity index (χ1n) is 6.70. The largest absolute Gasteiger partial charge is 0.459 e. The zero-order valence-electron chi connectivity index (χ0n) is 11.1. The van der Waals surface area contributed by atoms with Gasteiger partial charge in [0.15, 0.2) is 0 Å². The van der Waals surface area contributed by atoms with Crippen LogP contribution in [0.3, 0.4) is 0 Å². The van der Waals surface area contributed by atoms with Gasteiger partial charge < -0.3 is 9.73 Å². The number of furan rings is 1. The summed E-state index contributed by atoms with van der Waals surface area (Å²) in [5.74, 6) is 1.12. The summed E-state index contributed by atoms with van der Waals surface area (Å²) < 4.78 is 6.05. The molecule has 18 heavy (non-hydrogen) atoms. The summed E-state index contributed by atoms with van der Waals surface area (Å²) >= 11 is 0. The van der Waals surface area contributed by atoms with E-state index in [-0.39, 0.29) is 0 Å². The lowest BCUT2D eigenvalue weighted by molar-refractivity contribution is 0.168. The topological polar surface area (TPSA) is 28.4 Å². The third-order valence-corrected chi connectivity index (χ3v) is 3.96. The second kappa shape index (κ2) is 4.75. The van der Waals surface area contributed by atoms with Gasteiger partial charge in [-0.2, -0.15) is 0 Å². The van der Waals surface area contributed by atoms with Crippen LogP contribution in [0.4, 0.5) is 0 Å². The molecular weight excluding hydrogens is 224 g/mol. The molecule has 3 heteroatoms. The van der Waals surface area contributed by atoms with Gasteiger partial charge in [0, 0.05) is 31.6 Å². The van der Waals surface area contributed by atoms with Gasteiger partial charge in [-0.1, -0.05) is 18.2 Å². The predicted octanol–water partition coefficient (Wildman–Crippen LogP) is 2.71. The Morgan fingerprint density at radius 3 is 2.67 bits per heavy atom. The van der Waals surface area contributed by atoms with E-state index >= 15 is 0 Å². The minimum atomic E-state index is 0.361. The fourth-order valence-electron chi connectivity index (χ4n) is 2.83. The van der Waals surface area contributed by atoms with Gasteiger partial charge in [-0.25, -0.2) is 0 Å². The maximum atomic E-state index is 6.05. The summed E-state index contributed by atoms with van der Waals surface area (Å²) in [6.45, 7) is 8.75. The normalized spacial score (nSPS) is 19.2. The van der Waals surface area contributed by atoms with Crippen molar-refractivity contribution < 1.29 is 4.42 Å². The van der Waals surface area contributed by atoms with Crippen LogP contribution >= 0.6 is 0 Å². The average Bonchev–Trinajstić information content (AvgIpc) is 2.77. The third kappa shape index (κ3) is 1.93. The van der Waals surface area contributed by atoms with Crippen LogP contribution < -0.4 is 5.32 Å². The van der Waals surface area contributed by atoms with Crippen LogP contribution in [0.15, 0.2) is 28.7 Å². The van der Waals surface area contributed by atoms with Crippen molar-refractivity contribution in [2.75, 3.05) is 26.2 Å². The molecular formula is C15H20N2O. The van der Waals surface area contributed by atoms with Crippen LogP contribution in [0.5, 0.6) is 0 Å². The minimum Gasteiger partial charge on any atom is -0.459 e. The van der Waals surface area contributed by atoms with E-state index in [1.807, 2.05) is 6.07 Å². The molecule has 2 heterocycles. The van der Waals surface area contributed by atoms with Crippen LogP contribution in [-0.4, -0.2) is 31.1 Å². The van der Waals surface area contributed by atoms with Crippen LogP contribution in [0.2, 0.25) is 0 Å². The number of hydrogen-bond acceptors (Lipinski definition) is 3. The highest BCUT2D eigenvalue weighted by atomic mass is 16.3. The van der Waals surface area contributed by atoms with Gasteiger partial charge in [0.1, 0.15) is 11.3 Å². The summed E-state index contributed by atoms with van der Waals surface area (Å²) in [6.07, 6.45) is 0. The number of nitrogens with one attached hydrogen (secondary N) is 1. The molecule has 1 saturated heterocycles. The van der Waals surface area contributed by atoms with Crippen LogP contribution in [0.25, 0.3) is 11.0 Å². The second-order valence-electron chi connectivity index (χ2n) is 5.05. The highest BCUT2D eigenvalue weighted by molar-refractivity contribution is 5.82. The second-order valence-corrected chi connectivity index (χ2v) is 5.05. The number of fused-ring (bicyclic) bond motifs is 1. The summed E-state index contributed by atoms with van der Waals surface area (Å²) in [4.78, 5) is 2.49. The molecule has 0 saturated carbocycles. The van der Waals surface area contributed by atoms with Crippen molar-refractivity contribution in [3.8, 4) is 0 Å². The average molecular weight is 244 g/mol. The Kier molecular flexibility index (Phi) is 3.10. The van der Waals surface area contributed by atoms with E-state index in [1.54, 1.807) is 0 Å². The molecule has 1 aliphatic heterocycles. The first-order chi connectivity index (χ1) is 8.77. The fourth-order valence-corrected chi connectivity index (χ4v) is 2.83. The van der Waals surface area contributed by atoms with Crippen molar-refractivity contribution in [1.29, 1.82) is 0 Å². The van der Waals surface area contributed by atoms with Crippen LogP contribution in [0.1, 0.15) is 24.3 Å². The van der Waals surface area contributed by atoms with E-state index in [2.05, 4.69) is 42.3 Å². The Hall–Kier alpha value is -1.32. The lowest BCUT2D eigenvalue weighted by Gasteiger charge is -2.31. The van der Waals surface area contributed by atoms with Crippen LogP contribution in [0, 0.1) is 6.92 Å². The monoisotopic (exact) mass is 244 g/mol. The van der Waals surface area contributed by atoms with Gasteiger partial charge in [0.2, 0.25) is 0 Å². The standard InChI is InChI=1S/C15H20N2O/c1-11-13-5-3-4-6-14(13)18-15(11)12(2)17-9-7-16-8-10-17/h3-6,12,16H,7-10H2,1-2H3. The van der Waals surface area contributed by atoms with Gasteiger partial charge in [0.25, 0.3) is 0 Å². The Balaban J connectivity index is 1.95. The van der Waals surface area contributed by atoms with Crippen molar-refractivity contribution in [1.82, 2.24) is 10.2 Å². The summed E-state index contributed by atoms with van der Waals surface area (Å²) in [5, 5.41) is 4.63. The highest BCUT2D eigenvalue weighted by Gasteiger charge is 2.23. The van der Waals surface area contributed by atoms with Crippen molar-refractivity contribution >= 4 is 11.0 Å². The Labute approximate surface area is 108 Å². The molecule has 1 N–H and O–H groups in total. The molecule has 0 spiro atoms. The zero-order valence-corrected chi connectivity index (χ0v) is 11.1. The van der Waals surface area contributed by atoms with E-state index in [0.717, 1.165) is 37.5 Å². The molecule has 0 aliphatic carbocycles. The molecule has 0 bridgehead atoms. The SMILES string of the molecule is Cc1c(C(C)N2CCNCC2)oc2ccccc12. The maximum Gasteiger partial charge on any atom is 0.134 e. The van der Waals surface area contributed by atoms with E-state index in [1.165, 1.54) is 10.9 Å². The Morgan fingerprint density at radius 1 is 1.22 bits per heavy atom. The summed E-state index contributed by atoms with van der Waals surface area (Å²) in [7, 11) is 0. The van der Waals surface area contributed by atoms with Gasteiger partial charge in [-0.05, 0) is 25.5 Å². The van der Waals surface area contributed by atoms with Crippen molar-refractivity contribution in [3.63, 3.8) is 0 Å². The molecule has 3 rings (SSSR count). The molecule has 2 aromatic rings. The number of piperazine rings is 1. The van der Waals surface area contributed by atoms with Crippen molar-refractivity contribution in [3.05, 3.63) is 35.6 Å². The summed E-state index contributed by atoms with van der Waals surface area (Å²) in [5.41, 5.74) is 2.30. The molecule has 1 atom stereocenters. The number of rotatable bonds is 2. The first-order valence-corrected chi connectivity index (χ1v) is 6.70. The molecule has 1 aromatic carbocycles. The molecule has 1 aliphatic rings. The third-order valence-electron chi connectivity index (χ3n) is 3.96. The molecule has 3 nitrogen and oxygen atoms in total. The van der Waals surface area contributed by atoms with Crippen molar-refractivity contribution in [2.45, 2.75) is 19.9 Å². The Morgan fingerprint density at radius 2 is 1.94 bits per heavy atom. The zero-order chi connectivity index (χ0) is 12.5. The number of para-hydroxylation sites is 1. The smallest absolute Gasteiger partial charge is 0.134 e. The van der Waals surface area contributed by atoms with E-state index < -0.39 is 0 Å². The van der Waals surface area contributed by atoms with Gasteiger partial charge in [0.05, 0.1) is 6.04 Å². The van der Waals surface area contributed by atoms with E-state index in [0.29, 0.717) is 6.04 Å². The summed E-state index contributed by atoms with van der Waals surface area (Å²) in [6, 6.07) is 8.66. The minimum absolute atomic E-state index is 0.361. The molecule has 0 amide bonds. The molecule has 1 unspecified atom stereocenters. The van der Waals surface area contributed by atoms with Gasteiger partial charge in [-0.3, -0.25) is 4.90 Å². The number of aryl methyl sites for hydroxylation is 1. The lowest BCUT2D eigenvalue weighted by atomic mass is 10.1. The van der Waals surface area contributed by atoms with Gasteiger partial charge >= 0.3 is 0 Å². The number of benzene rings is 1. The Bertz CT molecular complexity index is 540. The predicted molar refractivity (Wildman–Crippen MR) is 73.8 cm³/mol. The number of hydrogen-bond donors (Lipinski definition) is 1. The lowest BCUT2D eigenvalue weighted by Crippen LogP contribution is -2.44. The quantitative estimate of drug-likeness (QED) is 0.880. The van der Waals surface area contributed by atoms with Crippen molar-refractivity contribution in [2.24, 2.45) is 0 Å². The first kappa shape index (κ1) is 11.8. The molecule has 0 radical (unpaired) electrons. The highest BCUT2D eigenvalue weighted by Crippen LogP contribution is 2.31. The van der Waals surface area contributed by atoms with E-state index in [4.69, 9.17) is 4.42 Å².